The Morgan fingerprint density at radius 1 is 1.06 bits per heavy atom. The lowest BCUT2D eigenvalue weighted by molar-refractivity contribution is -0.137. The summed E-state index contributed by atoms with van der Waals surface area (Å²) in [5.41, 5.74) is 6.95. The Kier molecular flexibility index (Phi) is 7.53. The number of aryl methyl sites for hydroxylation is 3. The zero-order valence-electron chi connectivity index (χ0n) is 20.9. The molecule has 0 bridgehead atoms. The zero-order chi connectivity index (χ0) is 25.7. The molecule has 4 rings (SSSR count). The van der Waals surface area contributed by atoms with Gasteiger partial charge >= 0.3 is 5.97 Å². The van der Waals surface area contributed by atoms with Crippen LogP contribution in [0.3, 0.4) is 0 Å². The summed E-state index contributed by atoms with van der Waals surface area (Å²) in [5, 5.41) is 20.8. The van der Waals surface area contributed by atoms with Crippen molar-refractivity contribution in [1.82, 2.24) is 14.8 Å². The van der Waals surface area contributed by atoms with Gasteiger partial charge in [-0.2, -0.15) is 5.10 Å². The normalized spacial score (nSPS) is 11.7. The second-order valence-electron chi connectivity index (χ2n) is 8.91. The summed E-state index contributed by atoms with van der Waals surface area (Å²) in [5.74, 6) is 0.588. The molecular weight excluding hydrogens is 454 g/mol. The van der Waals surface area contributed by atoms with Crippen LogP contribution >= 0.6 is 0 Å². The lowest BCUT2D eigenvalue weighted by Gasteiger charge is -2.20. The van der Waals surface area contributed by atoms with E-state index >= 15 is 0 Å². The Hall–Kier alpha value is -4.33. The first-order valence-electron chi connectivity index (χ1n) is 11.8. The Bertz CT molecular complexity index is 1320. The molecule has 1 atom stereocenters. The third-order valence-corrected chi connectivity index (χ3v) is 6.01. The van der Waals surface area contributed by atoms with Gasteiger partial charge in [-0.1, -0.05) is 29.8 Å². The lowest BCUT2D eigenvalue weighted by Crippen LogP contribution is -2.32. The molecule has 0 radical (unpaired) electrons. The molecule has 2 aromatic heterocycles. The fourth-order valence-electron chi connectivity index (χ4n) is 4.22. The zero-order valence-corrected chi connectivity index (χ0v) is 20.9. The first-order chi connectivity index (χ1) is 17.3. The molecular formula is C28H31N5O3. The SMILES string of the molecule is COc1ccnc(NCc2cnn(-c3ccc(CC(Nc4c(C)cc(C)cc4C)C(=O)O)cc3)c2)c1. The summed E-state index contributed by atoms with van der Waals surface area (Å²) in [6.07, 6.45) is 5.81. The van der Waals surface area contributed by atoms with Crippen LogP contribution in [0, 0.1) is 20.8 Å². The van der Waals surface area contributed by atoms with E-state index in [-0.39, 0.29) is 0 Å². The second kappa shape index (κ2) is 10.9. The van der Waals surface area contributed by atoms with E-state index in [2.05, 4.69) is 32.8 Å². The summed E-state index contributed by atoms with van der Waals surface area (Å²) < 4.78 is 7.02. The van der Waals surface area contributed by atoms with Gasteiger partial charge in [-0.15, -0.1) is 0 Å². The predicted molar refractivity (Wildman–Crippen MR) is 141 cm³/mol. The highest BCUT2D eigenvalue weighted by Crippen LogP contribution is 2.24. The number of aliphatic carboxylic acids is 1. The number of carbonyl (C=O) groups is 1. The van der Waals surface area contributed by atoms with Gasteiger partial charge in [0.25, 0.3) is 0 Å². The van der Waals surface area contributed by atoms with Crippen molar-refractivity contribution in [2.45, 2.75) is 39.8 Å². The molecule has 1 unspecified atom stereocenters. The number of anilines is 2. The van der Waals surface area contributed by atoms with E-state index in [1.165, 1.54) is 0 Å². The maximum atomic E-state index is 12.0. The van der Waals surface area contributed by atoms with Crippen LogP contribution in [0.25, 0.3) is 5.69 Å². The van der Waals surface area contributed by atoms with Crippen molar-refractivity contribution in [3.8, 4) is 11.4 Å². The monoisotopic (exact) mass is 485 g/mol. The Morgan fingerprint density at radius 3 is 2.44 bits per heavy atom. The number of pyridine rings is 1. The van der Waals surface area contributed by atoms with Crippen LogP contribution in [-0.2, 0) is 17.8 Å². The Morgan fingerprint density at radius 2 is 1.78 bits per heavy atom. The first-order valence-corrected chi connectivity index (χ1v) is 11.8. The van der Waals surface area contributed by atoms with E-state index in [1.54, 1.807) is 30.3 Å². The van der Waals surface area contributed by atoms with Crippen LogP contribution < -0.4 is 15.4 Å². The maximum absolute atomic E-state index is 12.0. The third kappa shape index (κ3) is 6.02. The fraction of sp³-hybridized carbons (Fsp3) is 0.250. The van der Waals surface area contributed by atoms with E-state index in [0.29, 0.717) is 13.0 Å². The molecule has 36 heavy (non-hydrogen) atoms. The minimum Gasteiger partial charge on any atom is -0.497 e. The molecule has 8 nitrogen and oxygen atoms in total. The molecule has 0 aliphatic rings. The number of carboxylic acids is 1. The third-order valence-electron chi connectivity index (χ3n) is 6.01. The first kappa shape index (κ1) is 24.8. The molecule has 0 amide bonds. The number of nitrogens with zero attached hydrogens (tertiary/aromatic N) is 3. The fourth-order valence-corrected chi connectivity index (χ4v) is 4.22. The summed E-state index contributed by atoms with van der Waals surface area (Å²) in [4.78, 5) is 16.3. The number of hydrogen-bond donors (Lipinski definition) is 3. The number of benzene rings is 2. The van der Waals surface area contributed by atoms with Crippen LogP contribution in [0.15, 0.2) is 67.1 Å². The van der Waals surface area contributed by atoms with Gasteiger partial charge in [0.15, 0.2) is 0 Å². The molecule has 2 aromatic carbocycles. The maximum Gasteiger partial charge on any atom is 0.326 e. The molecule has 0 aliphatic heterocycles. The van der Waals surface area contributed by atoms with Crippen LogP contribution in [0.2, 0.25) is 0 Å². The molecule has 186 valence electrons. The number of methoxy groups -OCH3 is 1. The van der Waals surface area contributed by atoms with Crippen molar-refractivity contribution in [1.29, 1.82) is 0 Å². The Labute approximate surface area is 211 Å². The van der Waals surface area contributed by atoms with Gasteiger partial charge in [0.2, 0.25) is 0 Å². The van der Waals surface area contributed by atoms with Crippen molar-refractivity contribution in [2.24, 2.45) is 0 Å². The quantitative estimate of drug-likeness (QED) is 0.293. The van der Waals surface area contributed by atoms with Crippen LogP contribution in [0.4, 0.5) is 11.5 Å². The van der Waals surface area contributed by atoms with Crippen LogP contribution in [0.1, 0.15) is 27.8 Å². The van der Waals surface area contributed by atoms with E-state index in [1.807, 2.05) is 57.3 Å². The van der Waals surface area contributed by atoms with Gasteiger partial charge in [0.05, 0.1) is 19.0 Å². The largest absolute Gasteiger partial charge is 0.497 e. The molecule has 4 aromatic rings. The predicted octanol–water partition coefficient (Wildman–Crippen LogP) is 4.92. The molecule has 0 aliphatic carbocycles. The minimum absolute atomic E-state index is 0.365. The lowest BCUT2D eigenvalue weighted by atomic mass is 10.0. The minimum atomic E-state index is -0.881. The smallest absolute Gasteiger partial charge is 0.326 e. The van der Waals surface area contributed by atoms with E-state index in [4.69, 9.17) is 4.74 Å². The van der Waals surface area contributed by atoms with E-state index in [0.717, 1.165) is 50.8 Å². The van der Waals surface area contributed by atoms with Gasteiger partial charge in [-0.05, 0) is 55.7 Å². The van der Waals surface area contributed by atoms with Crippen molar-refractivity contribution in [3.63, 3.8) is 0 Å². The molecule has 0 saturated carbocycles. The highest BCUT2D eigenvalue weighted by Gasteiger charge is 2.20. The second-order valence-corrected chi connectivity index (χ2v) is 8.91. The standard InChI is InChI=1S/C28H31N5O3/c1-18-11-19(2)27(20(3)12-18)32-25(28(34)35)13-21-5-7-23(8-6-21)33-17-22(16-31-33)15-30-26-14-24(36-4)9-10-29-26/h5-12,14,16-17,25,32H,13,15H2,1-4H3,(H,29,30)(H,34,35). The highest BCUT2D eigenvalue weighted by atomic mass is 16.5. The molecule has 0 spiro atoms. The molecule has 2 heterocycles. The summed E-state index contributed by atoms with van der Waals surface area (Å²) in [6.45, 7) is 6.60. The van der Waals surface area contributed by atoms with Crippen molar-refractivity contribution >= 4 is 17.5 Å². The average molecular weight is 486 g/mol. The van der Waals surface area contributed by atoms with Crippen molar-refractivity contribution in [2.75, 3.05) is 17.7 Å². The van der Waals surface area contributed by atoms with Gasteiger partial charge in [-0.3, -0.25) is 0 Å². The van der Waals surface area contributed by atoms with Crippen LogP contribution in [0.5, 0.6) is 5.75 Å². The number of aromatic nitrogens is 3. The van der Waals surface area contributed by atoms with Crippen molar-refractivity contribution in [3.05, 3.63) is 94.9 Å². The van der Waals surface area contributed by atoms with E-state index in [9.17, 15) is 9.90 Å². The number of ether oxygens (including phenoxy) is 1. The number of nitrogens with one attached hydrogen (secondary N) is 2. The van der Waals surface area contributed by atoms with Gasteiger partial charge in [0, 0.05) is 42.7 Å². The molecule has 3 N–H and O–H groups in total. The number of hydrogen-bond acceptors (Lipinski definition) is 6. The van der Waals surface area contributed by atoms with Gasteiger partial charge in [-0.25, -0.2) is 14.5 Å². The Balaban J connectivity index is 1.40. The average Bonchev–Trinajstić information content (AvgIpc) is 3.33. The summed E-state index contributed by atoms with van der Waals surface area (Å²) in [6, 6.07) is 14.8. The molecule has 0 fully saturated rings. The summed E-state index contributed by atoms with van der Waals surface area (Å²) >= 11 is 0. The van der Waals surface area contributed by atoms with Gasteiger partial charge < -0.3 is 20.5 Å². The number of carboxylic acid groups (broad SMARTS) is 1. The summed E-state index contributed by atoms with van der Waals surface area (Å²) in [7, 11) is 1.62. The highest BCUT2D eigenvalue weighted by molar-refractivity contribution is 5.79. The van der Waals surface area contributed by atoms with Gasteiger partial charge in [0.1, 0.15) is 17.6 Å². The molecule has 0 saturated heterocycles. The number of rotatable bonds is 10. The molecule has 8 heteroatoms. The van der Waals surface area contributed by atoms with E-state index < -0.39 is 12.0 Å². The van der Waals surface area contributed by atoms with Crippen LogP contribution in [-0.4, -0.2) is 39.0 Å². The van der Waals surface area contributed by atoms with Crippen molar-refractivity contribution < 1.29 is 14.6 Å². The topological polar surface area (TPSA) is 101 Å².